The number of benzene rings is 1. The zero-order valence-corrected chi connectivity index (χ0v) is 10.9. The third-order valence-corrected chi connectivity index (χ3v) is 3.70. The van der Waals surface area contributed by atoms with Gasteiger partial charge in [0.15, 0.2) is 0 Å². The van der Waals surface area contributed by atoms with E-state index in [4.69, 9.17) is 5.73 Å². The third-order valence-electron chi connectivity index (χ3n) is 3.70. The normalized spacial score (nSPS) is 26.2. The summed E-state index contributed by atoms with van der Waals surface area (Å²) < 4.78 is 14.1. The lowest BCUT2D eigenvalue weighted by Gasteiger charge is -2.36. The molecule has 0 amide bonds. The first-order valence-corrected chi connectivity index (χ1v) is 6.47. The Morgan fingerprint density at radius 3 is 2.78 bits per heavy atom. The highest BCUT2D eigenvalue weighted by Crippen LogP contribution is 2.27. The van der Waals surface area contributed by atoms with Crippen molar-refractivity contribution in [2.75, 3.05) is 18.0 Å². The molecule has 100 valence electrons. The summed E-state index contributed by atoms with van der Waals surface area (Å²) in [5.41, 5.74) is 7.15. The Labute approximate surface area is 107 Å². The van der Waals surface area contributed by atoms with Crippen LogP contribution in [0, 0.1) is 11.7 Å². The molecule has 1 saturated heterocycles. The van der Waals surface area contributed by atoms with Crippen molar-refractivity contribution in [1.82, 2.24) is 0 Å². The van der Waals surface area contributed by atoms with Gasteiger partial charge >= 0.3 is 0 Å². The van der Waals surface area contributed by atoms with E-state index in [2.05, 4.69) is 0 Å². The number of nitrogens with zero attached hydrogens (tertiary/aromatic N) is 1. The lowest BCUT2D eigenvalue weighted by Crippen LogP contribution is -2.42. The van der Waals surface area contributed by atoms with Crippen molar-refractivity contribution in [2.24, 2.45) is 11.7 Å². The predicted octanol–water partition coefficient (Wildman–Crippen LogP) is 2.05. The second-order valence-corrected chi connectivity index (χ2v) is 5.28. The molecule has 0 radical (unpaired) electrons. The summed E-state index contributed by atoms with van der Waals surface area (Å²) in [4.78, 5) is 2.00. The highest BCUT2D eigenvalue weighted by atomic mass is 19.1. The van der Waals surface area contributed by atoms with Gasteiger partial charge in [-0.1, -0.05) is 13.0 Å². The minimum atomic E-state index is -0.271. The van der Waals surface area contributed by atoms with Crippen molar-refractivity contribution < 1.29 is 9.50 Å². The molecule has 0 aromatic heterocycles. The van der Waals surface area contributed by atoms with Crippen LogP contribution in [-0.2, 0) is 0 Å². The third kappa shape index (κ3) is 2.65. The Morgan fingerprint density at radius 2 is 2.22 bits per heavy atom. The summed E-state index contributed by atoms with van der Waals surface area (Å²) in [6, 6.07) is 5.02. The topological polar surface area (TPSA) is 49.5 Å². The van der Waals surface area contributed by atoms with Crippen LogP contribution < -0.4 is 10.6 Å². The summed E-state index contributed by atoms with van der Waals surface area (Å²) in [5, 5.41) is 9.69. The van der Waals surface area contributed by atoms with Crippen LogP contribution in [0.25, 0.3) is 0 Å². The predicted molar refractivity (Wildman–Crippen MR) is 71.0 cm³/mol. The van der Waals surface area contributed by atoms with E-state index in [1.165, 1.54) is 6.07 Å². The van der Waals surface area contributed by atoms with Crippen molar-refractivity contribution in [3.8, 4) is 0 Å². The van der Waals surface area contributed by atoms with Crippen LogP contribution in [0.3, 0.4) is 0 Å². The quantitative estimate of drug-likeness (QED) is 0.847. The summed E-state index contributed by atoms with van der Waals surface area (Å²) in [6.45, 7) is 5.22. The SMILES string of the molecule is CC1CN(c2ccc([C@H](C)N)cc2F)CCC1O. The average Bonchev–Trinajstić information content (AvgIpc) is 2.32. The molecule has 1 aromatic carbocycles. The molecule has 0 bridgehead atoms. The standard InChI is InChI=1S/C14H21FN2O/c1-9-8-17(6-5-14(9)18)13-4-3-11(10(2)16)7-12(13)15/h3-4,7,9-10,14,18H,5-6,8,16H2,1-2H3/t9?,10-,14?/m0/s1. The number of aliphatic hydroxyl groups excluding tert-OH is 1. The maximum atomic E-state index is 14.1. The Morgan fingerprint density at radius 1 is 1.50 bits per heavy atom. The van der Waals surface area contributed by atoms with Gasteiger partial charge < -0.3 is 15.7 Å². The van der Waals surface area contributed by atoms with Crippen LogP contribution in [0.2, 0.25) is 0 Å². The van der Waals surface area contributed by atoms with Gasteiger partial charge in [0.2, 0.25) is 0 Å². The molecule has 0 spiro atoms. The van der Waals surface area contributed by atoms with E-state index >= 15 is 0 Å². The van der Waals surface area contributed by atoms with Crippen LogP contribution >= 0.6 is 0 Å². The molecule has 1 heterocycles. The number of hydrogen-bond acceptors (Lipinski definition) is 3. The summed E-state index contributed by atoms with van der Waals surface area (Å²) in [7, 11) is 0. The maximum absolute atomic E-state index is 14.1. The van der Waals surface area contributed by atoms with Gasteiger partial charge in [0, 0.05) is 19.1 Å². The van der Waals surface area contributed by atoms with Crippen LogP contribution in [0.4, 0.5) is 10.1 Å². The molecule has 1 aromatic rings. The van der Waals surface area contributed by atoms with E-state index in [9.17, 15) is 9.50 Å². The van der Waals surface area contributed by atoms with E-state index in [0.717, 1.165) is 5.56 Å². The monoisotopic (exact) mass is 252 g/mol. The number of piperidine rings is 1. The Bertz CT molecular complexity index is 422. The lowest BCUT2D eigenvalue weighted by atomic mass is 9.96. The molecular formula is C14H21FN2O. The molecule has 1 fully saturated rings. The van der Waals surface area contributed by atoms with Crippen LogP contribution in [0.15, 0.2) is 18.2 Å². The number of rotatable bonds is 2. The molecule has 3 atom stereocenters. The molecule has 3 nitrogen and oxygen atoms in total. The van der Waals surface area contributed by atoms with E-state index < -0.39 is 0 Å². The largest absolute Gasteiger partial charge is 0.393 e. The van der Waals surface area contributed by atoms with Gasteiger partial charge in [-0.15, -0.1) is 0 Å². The van der Waals surface area contributed by atoms with Crippen LogP contribution in [-0.4, -0.2) is 24.3 Å². The first-order chi connectivity index (χ1) is 8.49. The fraction of sp³-hybridized carbons (Fsp3) is 0.571. The number of nitrogens with two attached hydrogens (primary N) is 1. The molecule has 3 N–H and O–H groups in total. The van der Waals surface area contributed by atoms with E-state index in [-0.39, 0.29) is 23.9 Å². The highest BCUT2D eigenvalue weighted by molar-refractivity contribution is 5.50. The number of aliphatic hydroxyl groups is 1. The summed E-state index contributed by atoms with van der Waals surface area (Å²) in [6.07, 6.45) is 0.419. The second-order valence-electron chi connectivity index (χ2n) is 5.28. The van der Waals surface area contributed by atoms with Crippen LogP contribution in [0.5, 0.6) is 0 Å². The maximum Gasteiger partial charge on any atom is 0.146 e. The van der Waals surface area contributed by atoms with Crippen molar-refractivity contribution >= 4 is 5.69 Å². The van der Waals surface area contributed by atoms with E-state index in [0.29, 0.717) is 25.2 Å². The van der Waals surface area contributed by atoms with Gasteiger partial charge in [0.05, 0.1) is 11.8 Å². The van der Waals surface area contributed by atoms with Crippen molar-refractivity contribution in [1.29, 1.82) is 0 Å². The second kappa shape index (κ2) is 5.24. The zero-order valence-electron chi connectivity index (χ0n) is 10.9. The molecule has 2 rings (SSSR count). The van der Waals surface area contributed by atoms with Gasteiger partial charge in [-0.3, -0.25) is 0 Å². The molecule has 1 aliphatic rings. The first kappa shape index (κ1) is 13.3. The highest BCUT2D eigenvalue weighted by Gasteiger charge is 2.25. The van der Waals surface area contributed by atoms with Crippen molar-refractivity contribution in [3.63, 3.8) is 0 Å². The minimum absolute atomic E-state index is 0.157. The van der Waals surface area contributed by atoms with Gasteiger partial charge in [-0.25, -0.2) is 4.39 Å². The zero-order chi connectivity index (χ0) is 13.3. The Hall–Kier alpha value is -1.13. The van der Waals surface area contributed by atoms with Gasteiger partial charge in [0.25, 0.3) is 0 Å². The summed E-state index contributed by atoms with van der Waals surface area (Å²) >= 11 is 0. The number of anilines is 1. The molecule has 2 unspecified atom stereocenters. The average molecular weight is 252 g/mol. The van der Waals surface area contributed by atoms with E-state index in [1.54, 1.807) is 6.07 Å². The molecule has 18 heavy (non-hydrogen) atoms. The smallest absolute Gasteiger partial charge is 0.146 e. The first-order valence-electron chi connectivity index (χ1n) is 6.47. The van der Waals surface area contributed by atoms with Crippen molar-refractivity contribution in [3.05, 3.63) is 29.6 Å². The van der Waals surface area contributed by atoms with Gasteiger partial charge in [0.1, 0.15) is 5.82 Å². The minimum Gasteiger partial charge on any atom is -0.393 e. The Kier molecular flexibility index (Phi) is 3.88. The molecule has 1 aliphatic heterocycles. The lowest BCUT2D eigenvalue weighted by molar-refractivity contribution is 0.0969. The molecule has 0 saturated carbocycles. The van der Waals surface area contributed by atoms with Crippen LogP contribution in [0.1, 0.15) is 31.9 Å². The molecule has 0 aliphatic carbocycles. The van der Waals surface area contributed by atoms with Gasteiger partial charge in [-0.05, 0) is 37.0 Å². The van der Waals surface area contributed by atoms with Crippen molar-refractivity contribution in [2.45, 2.75) is 32.4 Å². The fourth-order valence-corrected chi connectivity index (χ4v) is 2.41. The molecular weight excluding hydrogens is 231 g/mol. The van der Waals surface area contributed by atoms with E-state index in [1.807, 2.05) is 24.8 Å². The van der Waals surface area contributed by atoms with Gasteiger partial charge in [-0.2, -0.15) is 0 Å². The molecule has 4 heteroatoms. The number of halogens is 1. The number of hydrogen-bond donors (Lipinski definition) is 2. The summed E-state index contributed by atoms with van der Waals surface area (Å²) in [5.74, 6) is -0.0559. The fourth-order valence-electron chi connectivity index (χ4n) is 2.41. The Balaban J connectivity index is 2.19.